The van der Waals surface area contributed by atoms with E-state index in [1.165, 1.54) is 24.4 Å². The van der Waals surface area contributed by atoms with E-state index < -0.39 is 21.8 Å². The maximum absolute atomic E-state index is 11.8. The van der Waals surface area contributed by atoms with E-state index in [0.717, 1.165) is 5.56 Å². The lowest BCUT2D eigenvalue weighted by atomic mass is 10.1. The number of carbonyl (C=O) groups is 2. The molecule has 1 aromatic heterocycles. The number of halogens is 1. The Bertz CT molecular complexity index is 885. The van der Waals surface area contributed by atoms with Crippen molar-refractivity contribution in [1.29, 1.82) is 0 Å². The van der Waals surface area contributed by atoms with Gasteiger partial charge in [-0.15, -0.1) is 0 Å². The van der Waals surface area contributed by atoms with Crippen molar-refractivity contribution >= 4 is 39.1 Å². The summed E-state index contributed by atoms with van der Waals surface area (Å²) in [6, 6.07) is 9.02. The number of carbonyl (C=O) groups excluding carboxylic acids is 2. The van der Waals surface area contributed by atoms with Gasteiger partial charge in [0.25, 0.3) is 0 Å². The molecule has 10 heteroatoms. The fourth-order valence-electron chi connectivity index (χ4n) is 1.90. The highest BCUT2D eigenvalue weighted by Crippen LogP contribution is 2.17. The van der Waals surface area contributed by atoms with Crippen LogP contribution in [0.4, 0.5) is 5.69 Å². The van der Waals surface area contributed by atoms with Gasteiger partial charge in [-0.2, -0.15) is 0 Å². The van der Waals surface area contributed by atoms with Crippen molar-refractivity contribution in [1.82, 2.24) is 10.3 Å². The SMILES string of the molecule is NS(=O)(=O)c1ccc(CCNC(=O)C(=O)Nc2cccnc2Cl)cc1. The van der Waals surface area contributed by atoms with Crippen LogP contribution in [-0.4, -0.2) is 31.8 Å². The van der Waals surface area contributed by atoms with Gasteiger partial charge in [0.2, 0.25) is 10.0 Å². The molecule has 1 aromatic carbocycles. The molecule has 8 nitrogen and oxygen atoms in total. The number of rotatable bonds is 5. The quantitative estimate of drug-likeness (QED) is 0.517. The van der Waals surface area contributed by atoms with E-state index in [9.17, 15) is 18.0 Å². The number of aromatic nitrogens is 1. The van der Waals surface area contributed by atoms with Gasteiger partial charge in [0, 0.05) is 12.7 Å². The van der Waals surface area contributed by atoms with Gasteiger partial charge >= 0.3 is 11.8 Å². The van der Waals surface area contributed by atoms with Crippen molar-refractivity contribution in [2.24, 2.45) is 5.14 Å². The van der Waals surface area contributed by atoms with Crippen LogP contribution in [0.15, 0.2) is 47.5 Å². The van der Waals surface area contributed by atoms with E-state index in [2.05, 4.69) is 15.6 Å². The molecule has 2 amide bonds. The van der Waals surface area contributed by atoms with Gasteiger partial charge in [-0.3, -0.25) is 9.59 Å². The molecule has 0 aliphatic rings. The van der Waals surface area contributed by atoms with Crippen molar-refractivity contribution in [2.75, 3.05) is 11.9 Å². The van der Waals surface area contributed by atoms with Crippen LogP contribution < -0.4 is 15.8 Å². The third kappa shape index (κ3) is 5.52. The summed E-state index contributed by atoms with van der Waals surface area (Å²) in [5.41, 5.74) is 1.02. The summed E-state index contributed by atoms with van der Waals surface area (Å²) >= 11 is 5.79. The molecular weight excluding hydrogens is 368 g/mol. The Labute approximate surface area is 149 Å². The molecule has 0 aliphatic heterocycles. The molecule has 0 atom stereocenters. The highest BCUT2D eigenvalue weighted by Gasteiger charge is 2.15. The average molecular weight is 383 g/mol. The van der Waals surface area contributed by atoms with Crippen molar-refractivity contribution < 1.29 is 18.0 Å². The summed E-state index contributed by atoms with van der Waals surface area (Å²) in [7, 11) is -3.74. The summed E-state index contributed by atoms with van der Waals surface area (Å²) < 4.78 is 22.3. The topological polar surface area (TPSA) is 131 Å². The van der Waals surface area contributed by atoms with Crippen LogP contribution in [0.2, 0.25) is 5.15 Å². The van der Waals surface area contributed by atoms with Crippen LogP contribution in [0, 0.1) is 0 Å². The highest BCUT2D eigenvalue weighted by molar-refractivity contribution is 7.89. The third-order valence-electron chi connectivity index (χ3n) is 3.16. The van der Waals surface area contributed by atoms with Crippen LogP contribution in [-0.2, 0) is 26.0 Å². The second-order valence-electron chi connectivity index (χ2n) is 4.99. The minimum atomic E-state index is -3.74. The number of pyridine rings is 1. The molecule has 2 aromatic rings. The van der Waals surface area contributed by atoms with E-state index in [4.69, 9.17) is 16.7 Å². The van der Waals surface area contributed by atoms with Gasteiger partial charge in [0.05, 0.1) is 10.6 Å². The number of nitrogens with one attached hydrogen (secondary N) is 2. The molecule has 4 N–H and O–H groups in total. The lowest BCUT2D eigenvalue weighted by Gasteiger charge is -2.07. The Morgan fingerprint density at radius 3 is 2.40 bits per heavy atom. The third-order valence-corrected chi connectivity index (χ3v) is 4.40. The van der Waals surface area contributed by atoms with Gasteiger partial charge in [0.15, 0.2) is 5.15 Å². The number of nitrogens with zero attached hydrogens (tertiary/aromatic N) is 1. The number of anilines is 1. The van der Waals surface area contributed by atoms with Crippen LogP contribution in [0.3, 0.4) is 0 Å². The molecule has 0 aliphatic carbocycles. The molecule has 0 saturated carbocycles. The number of hydrogen-bond acceptors (Lipinski definition) is 5. The maximum Gasteiger partial charge on any atom is 0.313 e. The van der Waals surface area contributed by atoms with Crippen LogP contribution in [0.5, 0.6) is 0 Å². The molecule has 0 bridgehead atoms. The predicted molar refractivity (Wildman–Crippen MR) is 92.4 cm³/mol. The van der Waals surface area contributed by atoms with Crippen molar-refractivity contribution in [2.45, 2.75) is 11.3 Å². The molecular formula is C15H15ClN4O4S. The van der Waals surface area contributed by atoms with E-state index in [-0.39, 0.29) is 22.3 Å². The van der Waals surface area contributed by atoms with E-state index in [0.29, 0.717) is 6.42 Å². The van der Waals surface area contributed by atoms with Crippen LogP contribution in [0.1, 0.15) is 5.56 Å². The summed E-state index contributed by atoms with van der Waals surface area (Å²) in [5.74, 6) is -1.68. The summed E-state index contributed by atoms with van der Waals surface area (Å²) in [4.78, 5) is 27.3. The van der Waals surface area contributed by atoms with Gasteiger partial charge < -0.3 is 10.6 Å². The summed E-state index contributed by atoms with van der Waals surface area (Å²) in [6.07, 6.45) is 1.87. The minimum Gasteiger partial charge on any atom is -0.347 e. The molecule has 0 spiro atoms. The molecule has 1 heterocycles. The predicted octanol–water partition coefficient (Wildman–Crippen LogP) is 0.680. The summed E-state index contributed by atoms with van der Waals surface area (Å²) in [6.45, 7) is 0.196. The molecule has 0 saturated heterocycles. The fraction of sp³-hybridized carbons (Fsp3) is 0.133. The molecule has 25 heavy (non-hydrogen) atoms. The zero-order valence-electron chi connectivity index (χ0n) is 12.9. The van der Waals surface area contributed by atoms with E-state index in [1.807, 2.05) is 0 Å². The van der Waals surface area contributed by atoms with Gasteiger partial charge in [0.1, 0.15) is 0 Å². The Kier molecular flexibility index (Phi) is 6.07. The minimum absolute atomic E-state index is 0.00742. The first-order chi connectivity index (χ1) is 11.8. The first kappa shape index (κ1) is 18.8. The number of primary sulfonamides is 1. The van der Waals surface area contributed by atoms with Crippen molar-refractivity contribution in [3.8, 4) is 0 Å². The van der Waals surface area contributed by atoms with E-state index >= 15 is 0 Å². The molecule has 0 radical (unpaired) electrons. The second kappa shape index (κ2) is 8.06. The van der Waals surface area contributed by atoms with Gasteiger partial charge in [-0.1, -0.05) is 23.7 Å². The smallest absolute Gasteiger partial charge is 0.313 e. The zero-order valence-corrected chi connectivity index (χ0v) is 14.5. The number of sulfonamides is 1. The Balaban J connectivity index is 1.84. The average Bonchev–Trinajstić information content (AvgIpc) is 2.56. The maximum atomic E-state index is 11.8. The number of benzene rings is 1. The van der Waals surface area contributed by atoms with Crippen LogP contribution >= 0.6 is 11.6 Å². The van der Waals surface area contributed by atoms with Gasteiger partial charge in [-0.25, -0.2) is 18.5 Å². The monoisotopic (exact) mass is 382 g/mol. The highest BCUT2D eigenvalue weighted by atomic mass is 35.5. The normalized spacial score (nSPS) is 11.0. The molecule has 2 rings (SSSR count). The Morgan fingerprint density at radius 1 is 1.12 bits per heavy atom. The molecule has 0 fully saturated rings. The number of amides is 2. The number of nitrogens with two attached hydrogens (primary N) is 1. The standard InChI is InChI=1S/C15H15ClN4O4S/c16-13-12(2-1-8-18-13)20-15(22)14(21)19-9-7-10-3-5-11(6-4-10)25(17,23)24/h1-6,8H,7,9H2,(H,19,21)(H,20,22)(H2,17,23,24). The molecule has 0 unspecified atom stereocenters. The lowest BCUT2D eigenvalue weighted by Crippen LogP contribution is -2.36. The van der Waals surface area contributed by atoms with Crippen molar-refractivity contribution in [3.63, 3.8) is 0 Å². The number of hydrogen-bond donors (Lipinski definition) is 3. The van der Waals surface area contributed by atoms with Crippen LogP contribution in [0.25, 0.3) is 0 Å². The Hall–Kier alpha value is -2.49. The first-order valence-corrected chi connectivity index (χ1v) is 9.01. The van der Waals surface area contributed by atoms with E-state index in [1.54, 1.807) is 18.2 Å². The zero-order chi connectivity index (χ0) is 18.4. The first-order valence-electron chi connectivity index (χ1n) is 7.09. The Morgan fingerprint density at radius 2 is 1.80 bits per heavy atom. The molecule has 132 valence electrons. The van der Waals surface area contributed by atoms with Crippen molar-refractivity contribution in [3.05, 3.63) is 53.3 Å². The largest absolute Gasteiger partial charge is 0.347 e. The van der Waals surface area contributed by atoms with Gasteiger partial charge in [-0.05, 0) is 36.2 Å². The summed E-state index contributed by atoms with van der Waals surface area (Å²) in [5, 5.41) is 9.91. The fourth-order valence-corrected chi connectivity index (χ4v) is 2.59. The lowest BCUT2D eigenvalue weighted by molar-refractivity contribution is -0.136. The second-order valence-corrected chi connectivity index (χ2v) is 6.91.